The zero-order valence-electron chi connectivity index (χ0n) is 12.5. The van der Waals surface area contributed by atoms with Crippen molar-refractivity contribution in [2.75, 3.05) is 44.8 Å². The van der Waals surface area contributed by atoms with Crippen molar-refractivity contribution in [1.29, 1.82) is 0 Å². The molecule has 1 heterocycles. The molecule has 0 bridgehead atoms. The number of likely N-dealkylation sites (N-methyl/N-ethyl adjacent to an activating group) is 1. The fourth-order valence-electron chi connectivity index (χ4n) is 2.31. The number of thioether (sulfide) groups is 1. The molecule has 0 aliphatic carbocycles. The van der Waals surface area contributed by atoms with E-state index in [1.807, 2.05) is 24.1 Å². The average Bonchev–Trinajstić information content (AvgIpc) is 2.66. The maximum Gasteiger partial charge on any atom is 0.321 e. The molecule has 1 fully saturated rings. The molecule has 1 aliphatic heterocycles. The molecule has 0 radical (unpaired) electrons. The third kappa shape index (κ3) is 3.90. The first kappa shape index (κ1) is 15.2. The summed E-state index contributed by atoms with van der Waals surface area (Å²) in [6.07, 6.45) is 3.08. The molecule has 0 aromatic heterocycles. The molecule has 1 aromatic carbocycles. The molecule has 1 aliphatic rings. The fourth-order valence-corrected chi connectivity index (χ4v) is 2.75. The van der Waals surface area contributed by atoms with E-state index >= 15 is 0 Å². The molecule has 4 nitrogen and oxygen atoms in total. The number of amides is 2. The first-order valence-electron chi connectivity index (χ1n) is 6.99. The van der Waals surface area contributed by atoms with E-state index in [2.05, 4.69) is 29.4 Å². The number of hydrogen-bond donors (Lipinski definition) is 1. The van der Waals surface area contributed by atoms with Crippen LogP contribution in [0.1, 0.15) is 12.0 Å². The highest BCUT2D eigenvalue weighted by Crippen LogP contribution is 2.23. The zero-order chi connectivity index (χ0) is 14.5. The third-order valence-corrected chi connectivity index (χ3v) is 4.42. The molecule has 0 saturated carbocycles. The van der Waals surface area contributed by atoms with Crippen LogP contribution in [0.4, 0.5) is 10.5 Å². The Bertz CT molecular complexity index is 478. The minimum atomic E-state index is 0.0154. The lowest BCUT2D eigenvalue weighted by Crippen LogP contribution is -2.37. The van der Waals surface area contributed by atoms with Gasteiger partial charge in [-0.25, -0.2) is 4.79 Å². The van der Waals surface area contributed by atoms with Crippen molar-refractivity contribution in [3.63, 3.8) is 0 Å². The Hall–Kier alpha value is -1.20. The van der Waals surface area contributed by atoms with Gasteiger partial charge in [0.25, 0.3) is 0 Å². The third-order valence-electron chi connectivity index (χ3n) is 3.69. The Morgan fingerprint density at radius 1 is 1.25 bits per heavy atom. The predicted octanol–water partition coefficient (Wildman–Crippen LogP) is 2.89. The summed E-state index contributed by atoms with van der Waals surface area (Å²) >= 11 is 1.69. The summed E-state index contributed by atoms with van der Waals surface area (Å²) in [6.45, 7) is 5.65. The Kier molecular flexibility index (Phi) is 5.31. The van der Waals surface area contributed by atoms with E-state index in [4.69, 9.17) is 0 Å². The number of nitrogens with zero attached hydrogens (tertiary/aromatic N) is 2. The fraction of sp³-hybridized carbons (Fsp3) is 0.533. The summed E-state index contributed by atoms with van der Waals surface area (Å²) in [7, 11) is 2.10. The Morgan fingerprint density at radius 2 is 2.05 bits per heavy atom. The van der Waals surface area contributed by atoms with Gasteiger partial charge in [0.05, 0.1) is 0 Å². The summed E-state index contributed by atoms with van der Waals surface area (Å²) in [4.78, 5) is 17.7. The van der Waals surface area contributed by atoms with E-state index in [1.165, 1.54) is 4.90 Å². The summed E-state index contributed by atoms with van der Waals surface area (Å²) in [5.74, 6) is 0. The van der Waals surface area contributed by atoms with Gasteiger partial charge >= 0.3 is 6.03 Å². The van der Waals surface area contributed by atoms with Crippen molar-refractivity contribution in [3.05, 3.63) is 23.8 Å². The van der Waals surface area contributed by atoms with Gasteiger partial charge in [-0.1, -0.05) is 6.07 Å². The van der Waals surface area contributed by atoms with E-state index < -0.39 is 0 Å². The summed E-state index contributed by atoms with van der Waals surface area (Å²) < 4.78 is 0. The van der Waals surface area contributed by atoms with Crippen LogP contribution in [-0.2, 0) is 0 Å². The molecular formula is C15H23N3OS. The van der Waals surface area contributed by atoms with Crippen LogP contribution in [-0.4, -0.2) is 55.3 Å². The van der Waals surface area contributed by atoms with Gasteiger partial charge in [-0.05, 0) is 50.9 Å². The first-order valence-corrected chi connectivity index (χ1v) is 8.22. The lowest BCUT2D eigenvalue weighted by molar-refractivity contribution is 0.213. The van der Waals surface area contributed by atoms with Crippen LogP contribution >= 0.6 is 11.8 Å². The van der Waals surface area contributed by atoms with Crippen LogP contribution in [0.25, 0.3) is 0 Å². The van der Waals surface area contributed by atoms with Gasteiger partial charge < -0.3 is 15.1 Å². The van der Waals surface area contributed by atoms with E-state index in [-0.39, 0.29) is 6.03 Å². The van der Waals surface area contributed by atoms with Crippen LogP contribution in [0.3, 0.4) is 0 Å². The van der Waals surface area contributed by atoms with Crippen LogP contribution < -0.4 is 5.32 Å². The Labute approximate surface area is 125 Å². The van der Waals surface area contributed by atoms with Gasteiger partial charge in [-0.3, -0.25) is 0 Å². The van der Waals surface area contributed by atoms with Crippen LogP contribution in [0.15, 0.2) is 23.1 Å². The van der Waals surface area contributed by atoms with Crippen molar-refractivity contribution in [2.24, 2.45) is 0 Å². The van der Waals surface area contributed by atoms with Gasteiger partial charge in [-0.2, -0.15) is 0 Å². The highest BCUT2D eigenvalue weighted by molar-refractivity contribution is 7.98. The maximum atomic E-state index is 12.4. The number of carbonyl (C=O) groups excluding carboxylic acids is 1. The molecule has 0 spiro atoms. The minimum absolute atomic E-state index is 0.0154. The van der Waals surface area contributed by atoms with Gasteiger partial charge in [0.2, 0.25) is 0 Å². The summed E-state index contributed by atoms with van der Waals surface area (Å²) in [6, 6.07) is 6.19. The normalized spacial score (nSPS) is 16.9. The van der Waals surface area contributed by atoms with Crippen molar-refractivity contribution in [1.82, 2.24) is 9.80 Å². The number of nitrogens with one attached hydrogen (secondary N) is 1. The zero-order valence-corrected chi connectivity index (χ0v) is 13.3. The van der Waals surface area contributed by atoms with Crippen LogP contribution in [0.5, 0.6) is 0 Å². The van der Waals surface area contributed by atoms with E-state index in [1.54, 1.807) is 11.8 Å². The number of hydrogen-bond acceptors (Lipinski definition) is 3. The lowest BCUT2D eigenvalue weighted by atomic mass is 10.2. The molecule has 2 amide bonds. The number of aryl methyl sites for hydroxylation is 1. The second-order valence-corrected chi connectivity index (χ2v) is 6.13. The van der Waals surface area contributed by atoms with Gasteiger partial charge in [0, 0.05) is 30.2 Å². The predicted molar refractivity (Wildman–Crippen MR) is 85.7 cm³/mol. The van der Waals surface area contributed by atoms with Crippen molar-refractivity contribution >= 4 is 23.5 Å². The SMILES string of the molecule is CSc1ccc(C)c(NC(=O)N2CCCN(C)CC2)c1. The highest BCUT2D eigenvalue weighted by atomic mass is 32.2. The lowest BCUT2D eigenvalue weighted by Gasteiger charge is -2.21. The molecular weight excluding hydrogens is 270 g/mol. The molecule has 0 unspecified atom stereocenters. The first-order chi connectivity index (χ1) is 9.60. The molecule has 5 heteroatoms. The quantitative estimate of drug-likeness (QED) is 0.852. The van der Waals surface area contributed by atoms with Gasteiger partial charge in [-0.15, -0.1) is 11.8 Å². The maximum absolute atomic E-state index is 12.4. The molecule has 110 valence electrons. The Balaban J connectivity index is 2.03. The molecule has 0 atom stereocenters. The van der Waals surface area contributed by atoms with E-state index in [9.17, 15) is 4.79 Å². The smallest absolute Gasteiger partial charge is 0.321 e. The van der Waals surface area contributed by atoms with E-state index in [0.29, 0.717) is 0 Å². The topological polar surface area (TPSA) is 35.6 Å². The number of carbonyl (C=O) groups is 1. The van der Waals surface area contributed by atoms with E-state index in [0.717, 1.165) is 43.9 Å². The second kappa shape index (κ2) is 6.99. The Morgan fingerprint density at radius 3 is 2.80 bits per heavy atom. The molecule has 2 rings (SSSR count). The number of rotatable bonds is 2. The number of benzene rings is 1. The minimum Gasteiger partial charge on any atom is -0.323 e. The number of urea groups is 1. The average molecular weight is 293 g/mol. The number of anilines is 1. The van der Waals surface area contributed by atoms with Crippen molar-refractivity contribution in [2.45, 2.75) is 18.2 Å². The molecule has 1 aromatic rings. The molecule has 20 heavy (non-hydrogen) atoms. The second-order valence-electron chi connectivity index (χ2n) is 5.25. The highest BCUT2D eigenvalue weighted by Gasteiger charge is 2.17. The van der Waals surface area contributed by atoms with Gasteiger partial charge in [0.1, 0.15) is 0 Å². The summed E-state index contributed by atoms with van der Waals surface area (Å²) in [5, 5.41) is 3.05. The monoisotopic (exact) mass is 293 g/mol. The van der Waals surface area contributed by atoms with Crippen LogP contribution in [0.2, 0.25) is 0 Å². The van der Waals surface area contributed by atoms with Crippen molar-refractivity contribution < 1.29 is 4.79 Å². The largest absolute Gasteiger partial charge is 0.323 e. The van der Waals surface area contributed by atoms with Crippen molar-refractivity contribution in [3.8, 4) is 0 Å². The van der Waals surface area contributed by atoms with Gasteiger partial charge in [0.15, 0.2) is 0 Å². The summed E-state index contributed by atoms with van der Waals surface area (Å²) in [5.41, 5.74) is 2.02. The molecule has 1 saturated heterocycles. The van der Waals surface area contributed by atoms with Crippen LogP contribution in [0, 0.1) is 6.92 Å². The standard InChI is InChI=1S/C15H23N3OS/c1-12-5-6-13(20-3)11-14(12)16-15(19)18-8-4-7-17(2)9-10-18/h5-6,11H,4,7-10H2,1-3H3,(H,16,19). The molecule has 1 N–H and O–H groups in total.